The zero-order valence-electron chi connectivity index (χ0n) is 20.0. The van der Waals surface area contributed by atoms with Gasteiger partial charge in [-0.3, -0.25) is 9.69 Å². The van der Waals surface area contributed by atoms with Crippen LogP contribution in [0.3, 0.4) is 0 Å². The van der Waals surface area contributed by atoms with E-state index in [-0.39, 0.29) is 17.1 Å². The van der Waals surface area contributed by atoms with Gasteiger partial charge in [-0.05, 0) is 29.2 Å². The van der Waals surface area contributed by atoms with Gasteiger partial charge in [-0.25, -0.2) is 9.97 Å². The fourth-order valence-corrected chi connectivity index (χ4v) is 3.76. The molecule has 1 aliphatic rings. The van der Waals surface area contributed by atoms with Crippen molar-refractivity contribution >= 4 is 11.7 Å². The summed E-state index contributed by atoms with van der Waals surface area (Å²) in [6.07, 6.45) is 1.63. The number of amides is 1. The summed E-state index contributed by atoms with van der Waals surface area (Å²) in [5.74, 6) is 7.59. The van der Waals surface area contributed by atoms with Crippen molar-refractivity contribution in [3.8, 4) is 17.9 Å². The number of benzene rings is 1. The van der Waals surface area contributed by atoms with Gasteiger partial charge < -0.3 is 9.80 Å². The number of carbonyl (C=O) groups excluding carboxylic acids is 1. The van der Waals surface area contributed by atoms with Crippen molar-refractivity contribution < 1.29 is 4.79 Å². The van der Waals surface area contributed by atoms with E-state index in [1.54, 1.807) is 13.1 Å². The highest BCUT2D eigenvalue weighted by atomic mass is 16.2. The van der Waals surface area contributed by atoms with Gasteiger partial charge in [-0.1, -0.05) is 44.7 Å². The molecule has 0 N–H and O–H groups in total. The molecular formula is C26H32N6O. The Labute approximate surface area is 197 Å². The van der Waals surface area contributed by atoms with Crippen LogP contribution in [0, 0.1) is 28.6 Å². The second-order valence-corrected chi connectivity index (χ2v) is 9.55. The van der Waals surface area contributed by atoms with Crippen LogP contribution in [0.15, 0.2) is 36.5 Å². The minimum absolute atomic E-state index is 0.0685. The van der Waals surface area contributed by atoms with Crippen molar-refractivity contribution in [1.29, 1.82) is 5.26 Å². The molecule has 0 spiro atoms. The Balaban J connectivity index is 1.62. The first-order chi connectivity index (χ1) is 15.7. The van der Waals surface area contributed by atoms with Crippen LogP contribution in [0.25, 0.3) is 0 Å². The van der Waals surface area contributed by atoms with E-state index in [0.717, 1.165) is 49.7 Å². The van der Waals surface area contributed by atoms with Gasteiger partial charge in [0.05, 0.1) is 6.54 Å². The first-order valence-corrected chi connectivity index (χ1v) is 11.3. The molecule has 33 heavy (non-hydrogen) atoms. The average molecular weight is 445 g/mol. The molecule has 3 rings (SSSR count). The predicted octanol–water partition coefficient (Wildman–Crippen LogP) is 2.92. The summed E-state index contributed by atoms with van der Waals surface area (Å²) < 4.78 is 0. The third-order valence-electron chi connectivity index (χ3n) is 5.41. The van der Waals surface area contributed by atoms with Gasteiger partial charge in [0.2, 0.25) is 11.7 Å². The SMILES string of the molecule is CC(=O)N1CCN(CC#Cc2ccc(CN(CC(C)(C)C)c3ccnc(C#N)n3)cc2)CC1. The lowest BCUT2D eigenvalue weighted by Crippen LogP contribution is -2.47. The number of nitriles is 1. The Morgan fingerprint density at radius 3 is 2.42 bits per heavy atom. The van der Waals surface area contributed by atoms with Crippen LogP contribution < -0.4 is 4.90 Å². The fraction of sp³-hybridized carbons (Fsp3) is 0.462. The van der Waals surface area contributed by atoms with E-state index in [4.69, 9.17) is 5.26 Å². The second kappa shape index (κ2) is 10.9. The molecule has 1 aromatic carbocycles. The standard InChI is InChI=1S/C26H32N6O/c1-21(33)31-16-14-30(15-17-31)13-5-6-22-7-9-23(10-8-22)19-32(20-26(2,3)4)25-11-12-28-24(18-27)29-25/h7-12H,13-17,19-20H2,1-4H3. The van der Waals surface area contributed by atoms with Crippen LogP contribution in [-0.2, 0) is 11.3 Å². The Hall–Kier alpha value is -3.42. The van der Waals surface area contributed by atoms with Crippen molar-refractivity contribution in [3.63, 3.8) is 0 Å². The van der Waals surface area contributed by atoms with E-state index >= 15 is 0 Å². The minimum Gasteiger partial charge on any atom is -0.352 e. The van der Waals surface area contributed by atoms with Crippen LogP contribution in [-0.4, -0.2) is 64.9 Å². The van der Waals surface area contributed by atoms with E-state index < -0.39 is 0 Å². The number of carbonyl (C=O) groups is 1. The molecule has 0 bridgehead atoms. The van der Waals surface area contributed by atoms with Gasteiger partial charge in [-0.2, -0.15) is 5.26 Å². The van der Waals surface area contributed by atoms with Gasteiger partial charge in [0.1, 0.15) is 11.9 Å². The molecule has 2 aromatic rings. The molecule has 2 heterocycles. The van der Waals surface area contributed by atoms with Crippen molar-refractivity contribution in [2.45, 2.75) is 34.2 Å². The summed E-state index contributed by atoms with van der Waals surface area (Å²) in [6, 6.07) is 12.2. The molecule has 7 nitrogen and oxygen atoms in total. The molecule has 7 heteroatoms. The van der Waals surface area contributed by atoms with Crippen molar-refractivity contribution in [2.75, 3.05) is 44.2 Å². The lowest BCUT2D eigenvalue weighted by atomic mass is 9.95. The summed E-state index contributed by atoms with van der Waals surface area (Å²) in [4.78, 5) is 26.2. The molecule has 0 atom stereocenters. The van der Waals surface area contributed by atoms with Crippen LogP contribution in [0.2, 0.25) is 0 Å². The second-order valence-electron chi connectivity index (χ2n) is 9.55. The maximum Gasteiger partial charge on any atom is 0.234 e. The number of piperazine rings is 1. The maximum atomic E-state index is 11.4. The summed E-state index contributed by atoms with van der Waals surface area (Å²) >= 11 is 0. The van der Waals surface area contributed by atoms with Gasteiger partial charge in [0, 0.05) is 58.0 Å². The third kappa shape index (κ3) is 7.59. The summed E-state index contributed by atoms with van der Waals surface area (Å²) in [6.45, 7) is 13.7. The lowest BCUT2D eigenvalue weighted by molar-refractivity contribution is -0.130. The number of rotatable bonds is 5. The summed E-state index contributed by atoms with van der Waals surface area (Å²) in [5.41, 5.74) is 2.21. The monoisotopic (exact) mass is 444 g/mol. The van der Waals surface area contributed by atoms with Gasteiger partial charge in [-0.15, -0.1) is 0 Å². The molecule has 0 aliphatic carbocycles. The van der Waals surface area contributed by atoms with Gasteiger partial charge in [0.15, 0.2) is 0 Å². The van der Waals surface area contributed by atoms with Crippen molar-refractivity contribution in [2.24, 2.45) is 5.41 Å². The first-order valence-electron chi connectivity index (χ1n) is 11.3. The molecule has 172 valence electrons. The highest BCUT2D eigenvalue weighted by Gasteiger charge is 2.19. The number of nitrogens with zero attached hydrogens (tertiary/aromatic N) is 6. The van der Waals surface area contributed by atoms with Crippen molar-refractivity contribution in [3.05, 3.63) is 53.5 Å². The number of hydrogen-bond donors (Lipinski definition) is 0. The van der Waals surface area contributed by atoms with Crippen LogP contribution >= 0.6 is 0 Å². The molecule has 1 aromatic heterocycles. The summed E-state index contributed by atoms with van der Waals surface area (Å²) in [5, 5.41) is 9.16. The summed E-state index contributed by atoms with van der Waals surface area (Å²) in [7, 11) is 0. The highest BCUT2D eigenvalue weighted by molar-refractivity contribution is 5.73. The van der Waals surface area contributed by atoms with E-state index in [0.29, 0.717) is 13.1 Å². The van der Waals surface area contributed by atoms with Crippen LogP contribution in [0.1, 0.15) is 44.6 Å². The Kier molecular flexibility index (Phi) is 8.03. The Morgan fingerprint density at radius 2 is 1.82 bits per heavy atom. The molecule has 1 fully saturated rings. The molecular weight excluding hydrogens is 412 g/mol. The molecule has 1 amide bonds. The number of hydrogen-bond acceptors (Lipinski definition) is 6. The topological polar surface area (TPSA) is 76.4 Å². The van der Waals surface area contributed by atoms with Gasteiger partial charge in [0.25, 0.3) is 0 Å². The molecule has 1 aliphatic heterocycles. The largest absolute Gasteiger partial charge is 0.352 e. The molecule has 0 unspecified atom stereocenters. The molecule has 0 saturated carbocycles. The third-order valence-corrected chi connectivity index (χ3v) is 5.41. The average Bonchev–Trinajstić information content (AvgIpc) is 2.79. The normalized spacial score (nSPS) is 14.2. The zero-order valence-corrected chi connectivity index (χ0v) is 20.0. The van der Waals surface area contributed by atoms with Crippen LogP contribution in [0.5, 0.6) is 0 Å². The molecule has 0 radical (unpaired) electrons. The fourth-order valence-electron chi connectivity index (χ4n) is 3.76. The quantitative estimate of drug-likeness (QED) is 0.660. The highest BCUT2D eigenvalue weighted by Crippen LogP contribution is 2.22. The number of anilines is 1. The van der Waals surface area contributed by atoms with E-state index in [1.807, 2.05) is 29.2 Å². The Bertz CT molecular complexity index is 1050. The molecule has 1 saturated heterocycles. The minimum atomic E-state index is 0.0685. The van der Waals surface area contributed by atoms with E-state index in [1.165, 1.54) is 0 Å². The van der Waals surface area contributed by atoms with Gasteiger partial charge >= 0.3 is 0 Å². The maximum absolute atomic E-state index is 11.4. The van der Waals surface area contributed by atoms with E-state index in [9.17, 15) is 4.79 Å². The van der Waals surface area contributed by atoms with Crippen LogP contribution in [0.4, 0.5) is 5.82 Å². The zero-order chi connectivity index (χ0) is 23.8. The first kappa shape index (κ1) is 24.2. The van der Waals surface area contributed by atoms with E-state index in [2.05, 4.69) is 64.5 Å². The Morgan fingerprint density at radius 1 is 1.12 bits per heavy atom. The lowest BCUT2D eigenvalue weighted by Gasteiger charge is -2.32. The predicted molar refractivity (Wildman–Crippen MR) is 129 cm³/mol. The van der Waals surface area contributed by atoms with Crippen molar-refractivity contribution in [1.82, 2.24) is 19.8 Å². The number of aromatic nitrogens is 2. The smallest absolute Gasteiger partial charge is 0.234 e.